The SMILES string of the molecule is COc1ccc([C@@H]2C[C@H](c3ccc(Cl)c(Cl)c3)Nc3nc(N)nn32)cc1. The zero-order valence-corrected chi connectivity index (χ0v) is 15.5. The maximum absolute atomic E-state index is 6.20. The standard InChI is InChI=1S/C18H17Cl2N5O/c1-26-12-5-2-10(3-6-12)16-9-15(11-4-7-13(19)14(20)8-11)22-18-23-17(21)24-25(16)18/h2-8,15-16H,9H2,1H3,(H3,21,22,23,24)/t15-,16+/m1/s1. The van der Waals surface area contributed by atoms with E-state index in [-0.39, 0.29) is 18.0 Å². The number of benzene rings is 2. The van der Waals surface area contributed by atoms with E-state index >= 15 is 0 Å². The smallest absolute Gasteiger partial charge is 0.241 e. The number of halogens is 2. The van der Waals surface area contributed by atoms with Crippen molar-refractivity contribution in [2.45, 2.75) is 18.5 Å². The Hall–Kier alpha value is -2.44. The Morgan fingerprint density at radius 2 is 1.85 bits per heavy atom. The number of nitrogens with one attached hydrogen (secondary N) is 1. The molecule has 1 aromatic heterocycles. The quantitative estimate of drug-likeness (QED) is 0.697. The molecule has 26 heavy (non-hydrogen) atoms. The van der Waals surface area contributed by atoms with Gasteiger partial charge in [-0.3, -0.25) is 0 Å². The molecule has 3 aromatic rings. The zero-order chi connectivity index (χ0) is 18.3. The van der Waals surface area contributed by atoms with Crippen molar-refractivity contribution in [1.29, 1.82) is 0 Å². The molecule has 0 unspecified atom stereocenters. The van der Waals surface area contributed by atoms with Gasteiger partial charge in [-0.2, -0.15) is 4.98 Å². The van der Waals surface area contributed by atoms with Crippen LogP contribution in [0.4, 0.5) is 11.9 Å². The van der Waals surface area contributed by atoms with E-state index < -0.39 is 0 Å². The molecule has 0 bridgehead atoms. The van der Waals surface area contributed by atoms with Crippen LogP contribution in [0.3, 0.4) is 0 Å². The molecule has 6 nitrogen and oxygen atoms in total. The van der Waals surface area contributed by atoms with Gasteiger partial charge in [0.05, 0.1) is 29.2 Å². The van der Waals surface area contributed by atoms with Gasteiger partial charge >= 0.3 is 0 Å². The summed E-state index contributed by atoms with van der Waals surface area (Å²) >= 11 is 12.2. The molecule has 8 heteroatoms. The fraction of sp³-hybridized carbons (Fsp3) is 0.222. The summed E-state index contributed by atoms with van der Waals surface area (Å²) in [6, 6.07) is 13.6. The fourth-order valence-electron chi connectivity index (χ4n) is 3.25. The minimum Gasteiger partial charge on any atom is -0.497 e. The number of nitrogens with zero attached hydrogens (tertiary/aromatic N) is 3. The minimum absolute atomic E-state index is 0.00738. The third-order valence-corrected chi connectivity index (χ3v) is 5.29. The molecule has 2 aromatic carbocycles. The summed E-state index contributed by atoms with van der Waals surface area (Å²) in [6.07, 6.45) is 0.764. The van der Waals surface area contributed by atoms with Gasteiger partial charge in [0.25, 0.3) is 0 Å². The number of anilines is 2. The molecule has 134 valence electrons. The van der Waals surface area contributed by atoms with Gasteiger partial charge in [0.15, 0.2) is 0 Å². The maximum Gasteiger partial charge on any atom is 0.241 e. The number of ether oxygens (including phenoxy) is 1. The van der Waals surface area contributed by atoms with Crippen molar-refractivity contribution < 1.29 is 4.74 Å². The summed E-state index contributed by atoms with van der Waals surface area (Å²) in [6.45, 7) is 0. The average molecular weight is 390 g/mol. The van der Waals surface area contributed by atoms with Crippen LogP contribution in [0, 0.1) is 0 Å². The number of rotatable bonds is 3. The first-order chi connectivity index (χ1) is 12.5. The van der Waals surface area contributed by atoms with E-state index in [1.54, 1.807) is 13.2 Å². The van der Waals surface area contributed by atoms with Gasteiger partial charge < -0.3 is 15.8 Å². The van der Waals surface area contributed by atoms with Gasteiger partial charge in [0.1, 0.15) is 5.75 Å². The summed E-state index contributed by atoms with van der Waals surface area (Å²) in [5.74, 6) is 1.67. The Bertz CT molecular complexity index is 941. The summed E-state index contributed by atoms with van der Waals surface area (Å²) in [5.41, 5.74) is 7.96. The summed E-state index contributed by atoms with van der Waals surface area (Å²) in [7, 11) is 1.65. The van der Waals surface area contributed by atoms with E-state index in [0.29, 0.717) is 16.0 Å². The highest BCUT2D eigenvalue weighted by Gasteiger charge is 2.31. The molecular weight excluding hydrogens is 373 g/mol. The third-order valence-electron chi connectivity index (χ3n) is 4.55. The van der Waals surface area contributed by atoms with Gasteiger partial charge in [0, 0.05) is 0 Å². The lowest BCUT2D eigenvalue weighted by Gasteiger charge is -2.31. The Morgan fingerprint density at radius 3 is 2.54 bits per heavy atom. The van der Waals surface area contributed by atoms with Crippen molar-refractivity contribution in [2.75, 3.05) is 18.2 Å². The van der Waals surface area contributed by atoms with Gasteiger partial charge in [-0.05, 0) is 41.8 Å². The molecule has 0 saturated heterocycles. The van der Waals surface area contributed by atoms with Crippen LogP contribution in [0.2, 0.25) is 10.0 Å². The molecule has 4 rings (SSSR count). The first-order valence-corrected chi connectivity index (χ1v) is 8.88. The minimum atomic E-state index is -0.0126. The topological polar surface area (TPSA) is 78.0 Å². The van der Waals surface area contributed by atoms with Gasteiger partial charge in [-0.15, -0.1) is 5.10 Å². The van der Waals surface area contributed by atoms with Crippen molar-refractivity contribution >= 4 is 35.1 Å². The first-order valence-electron chi connectivity index (χ1n) is 8.12. The predicted octanol–water partition coefficient (Wildman–Crippen LogP) is 4.32. The van der Waals surface area contributed by atoms with Crippen molar-refractivity contribution in [3.05, 3.63) is 63.6 Å². The second kappa shape index (κ2) is 6.70. The lowest BCUT2D eigenvalue weighted by atomic mass is 9.93. The van der Waals surface area contributed by atoms with Crippen LogP contribution in [0.5, 0.6) is 5.75 Å². The normalized spacial score (nSPS) is 18.9. The summed E-state index contributed by atoms with van der Waals surface area (Å²) in [4.78, 5) is 4.31. The number of methoxy groups -OCH3 is 1. The second-order valence-electron chi connectivity index (χ2n) is 6.13. The van der Waals surface area contributed by atoms with E-state index in [0.717, 1.165) is 23.3 Å². The molecule has 0 aliphatic carbocycles. The number of nitrogens with two attached hydrogens (primary N) is 1. The average Bonchev–Trinajstić information content (AvgIpc) is 3.03. The Balaban J connectivity index is 1.73. The number of hydrogen-bond acceptors (Lipinski definition) is 5. The van der Waals surface area contributed by atoms with Crippen LogP contribution < -0.4 is 15.8 Å². The Kier molecular flexibility index (Phi) is 4.38. The highest BCUT2D eigenvalue weighted by atomic mass is 35.5. The van der Waals surface area contributed by atoms with Crippen molar-refractivity contribution in [1.82, 2.24) is 14.8 Å². The summed E-state index contributed by atoms with van der Waals surface area (Å²) in [5, 5.41) is 8.80. The van der Waals surface area contributed by atoms with Crippen molar-refractivity contribution in [2.24, 2.45) is 0 Å². The van der Waals surface area contributed by atoms with Crippen LogP contribution in [0.15, 0.2) is 42.5 Å². The molecule has 3 N–H and O–H groups in total. The van der Waals surface area contributed by atoms with E-state index in [4.69, 9.17) is 33.7 Å². The van der Waals surface area contributed by atoms with E-state index in [1.807, 2.05) is 41.1 Å². The maximum atomic E-state index is 6.20. The number of nitrogen functional groups attached to an aromatic ring is 1. The predicted molar refractivity (Wildman–Crippen MR) is 103 cm³/mol. The zero-order valence-electron chi connectivity index (χ0n) is 14.0. The van der Waals surface area contributed by atoms with Gasteiger partial charge in [-0.1, -0.05) is 41.4 Å². The Labute approximate surface area is 160 Å². The molecule has 0 fully saturated rings. The fourth-order valence-corrected chi connectivity index (χ4v) is 3.55. The molecule has 0 amide bonds. The molecule has 0 spiro atoms. The lowest BCUT2D eigenvalue weighted by molar-refractivity contribution is 0.411. The van der Waals surface area contributed by atoms with Crippen LogP contribution in [0.25, 0.3) is 0 Å². The van der Waals surface area contributed by atoms with Crippen molar-refractivity contribution in [3.8, 4) is 5.75 Å². The van der Waals surface area contributed by atoms with Crippen LogP contribution in [-0.2, 0) is 0 Å². The molecule has 2 heterocycles. The van der Waals surface area contributed by atoms with Crippen LogP contribution >= 0.6 is 23.2 Å². The van der Waals surface area contributed by atoms with E-state index in [1.165, 1.54) is 0 Å². The monoisotopic (exact) mass is 389 g/mol. The molecule has 0 radical (unpaired) electrons. The third kappa shape index (κ3) is 3.06. The molecule has 2 atom stereocenters. The molecular formula is C18H17Cl2N5O. The number of fused-ring (bicyclic) bond motifs is 1. The Morgan fingerprint density at radius 1 is 1.12 bits per heavy atom. The van der Waals surface area contributed by atoms with Crippen LogP contribution in [-0.4, -0.2) is 21.9 Å². The summed E-state index contributed by atoms with van der Waals surface area (Å²) < 4.78 is 7.08. The van der Waals surface area contributed by atoms with Crippen LogP contribution in [0.1, 0.15) is 29.6 Å². The highest BCUT2D eigenvalue weighted by molar-refractivity contribution is 6.42. The second-order valence-corrected chi connectivity index (χ2v) is 6.95. The number of aromatic nitrogens is 3. The van der Waals surface area contributed by atoms with E-state index in [9.17, 15) is 0 Å². The first kappa shape index (κ1) is 17.0. The molecule has 0 saturated carbocycles. The molecule has 1 aliphatic heterocycles. The number of hydrogen-bond donors (Lipinski definition) is 2. The van der Waals surface area contributed by atoms with E-state index in [2.05, 4.69) is 15.4 Å². The molecule has 1 aliphatic rings. The van der Waals surface area contributed by atoms with Gasteiger partial charge in [0.2, 0.25) is 11.9 Å². The van der Waals surface area contributed by atoms with Gasteiger partial charge in [-0.25, -0.2) is 4.68 Å². The van der Waals surface area contributed by atoms with Crippen molar-refractivity contribution in [3.63, 3.8) is 0 Å². The highest BCUT2D eigenvalue weighted by Crippen LogP contribution is 2.39. The lowest BCUT2D eigenvalue weighted by Crippen LogP contribution is -2.28. The largest absolute Gasteiger partial charge is 0.497 e.